The Hall–Kier alpha value is -0.120. The quantitative estimate of drug-likeness (QED) is 0.526. The van der Waals surface area contributed by atoms with Crippen LogP contribution in [0, 0.1) is 0 Å². The molecular weight excluding hydrogens is 130 g/mol. The van der Waals surface area contributed by atoms with Crippen LogP contribution < -0.4 is 5.32 Å². The first kappa shape index (κ1) is 12.5. The summed E-state index contributed by atoms with van der Waals surface area (Å²) in [6, 6.07) is 0. The second kappa shape index (κ2) is 11.6. The molecule has 64 valence electrons. The molecule has 0 radical (unpaired) electrons. The molecular formula is C7H19NO2. The van der Waals surface area contributed by atoms with Crippen LogP contribution >= 0.6 is 0 Å². The zero-order chi connectivity index (χ0) is 8.41. The predicted octanol–water partition coefficient (Wildman–Crippen LogP) is -0.0247. The highest BCUT2D eigenvalue weighted by Gasteiger charge is 1.96. The van der Waals surface area contributed by atoms with Crippen molar-refractivity contribution in [3.8, 4) is 0 Å². The first-order chi connectivity index (χ1) is 4.81. The molecule has 0 aliphatic heterocycles. The Labute approximate surface area is 63.1 Å². The van der Waals surface area contributed by atoms with Gasteiger partial charge in [0.2, 0.25) is 0 Å². The molecule has 3 heteroatoms. The molecule has 3 nitrogen and oxygen atoms in total. The van der Waals surface area contributed by atoms with E-state index in [1.165, 1.54) is 0 Å². The first-order valence-corrected chi connectivity index (χ1v) is 3.81. The molecule has 0 aromatic carbocycles. The molecule has 0 fully saturated rings. The third-order valence-electron chi connectivity index (χ3n) is 0.841. The molecule has 3 N–H and O–H groups in total. The van der Waals surface area contributed by atoms with Gasteiger partial charge in [0.15, 0.2) is 0 Å². The van der Waals surface area contributed by atoms with Gasteiger partial charge in [-0.05, 0) is 6.54 Å². The highest BCUT2D eigenvalue weighted by Crippen LogP contribution is 1.74. The Morgan fingerprint density at radius 3 is 2.20 bits per heavy atom. The Balaban J connectivity index is 0. The van der Waals surface area contributed by atoms with E-state index in [-0.39, 0.29) is 6.61 Å². The summed E-state index contributed by atoms with van der Waals surface area (Å²) in [4.78, 5) is 0. The van der Waals surface area contributed by atoms with E-state index in [4.69, 9.17) is 10.2 Å². The van der Waals surface area contributed by atoms with Gasteiger partial charge in [-0.3, -0.25) is 0 Å². The van der Waals surface area contributed by atoms with E-state index in [0.717, 1.165) is 6.54 Å². The van der Waals surface area contributed by atoms with Crippen molar-refractivity contribution < 1.29 is 10.2 Å². The molecule has 0 bridgehead atoms. The van der Waals surface area contributed by atoms with Crippen LogP contribution in [0.5, 0.6) is 0 Å². The molecule has 0 rings (SSSR count). The van der Waals surface area contributed by atoms with Crippen LogP contribution in [0.4, 0.5) is 0 Å². The molecule has 1 atom stereocenters. The van der Waals surface area contributed by atoms with Crippen LogP contribution in [0.3, 0.4) is 0 Å². The van der Waals surface area contributed by atoms with Crippen molar-refractivity contribution in [1.82, 2.24) is 5.32 Å². The average molecular weight is 149 g/mol. The topological polar surface area (TPSA) is 52.5 Å². The second-order valence-corrected chi connectivity index (χ2v) is 1.64. The minimum Gasteiger partial charge on any atom is -0.394 e. The van der Waals surface area contributed by atoms with Gasteiger partial charge in [-0.15, -0.1) is 0 Å². The maximum absolute atomic E-state index is 8.68. The summed E-state index contributed by atoms with van der Waals surface area (Å²) in [5.74, 6) is 0. The zero-order valence-electron chi connectivity index (χ0n) is 7.09. The second-order valence-electron chi connectivity index (χ2n) is 1.64. The van der Waals surface area contributed by atoms with Crippen molar-refractivity contribution in [2.24, 2.45) is 0 Å². The van der Waals surface area contributed by atoms with Crippen molar-refractivity contribution in [3.05, 3.63) is 0 Å². The molecule has 10 heavy (non-hydrogen) atoms. The van der Waals surface area contributed by atoms with Gasteiger partial charge in [0.05, 0.1) is 12.7 Å². The molecule has 0 saturated heterocycles. The van der Waals surface area contributed by atoms with E-state index in [1.54, 1.807) is 0 Å². The van der Waals surface area contributed by atoms with Crippen LogP contribution in [-0.4, -0.2) is 36.0 Å². The van der Waals surface area contributed by atoms with E-state index in [2.05, 4.69) is 5.32 Å². The van der Waals surface area contributed by atoms with Gasteiger partial charge in [-0.1, -0.05) is 20.8 Å². The number of nitrogens with one attached hydrogen (secondary N) is 1. The largest absolute Gasteiger partial charge is 0.394 e. The zero-order valence-corrected chi connectivity index (χ0v) is 7.09. The van der Waals surface area contributed by atoms with Gasteiger partial charge in [0, 0.05) is 6.54 Å². The summed E-state index contributed by atoms with van der Waals surface area (Å²) < 4.78 is 0. The fourth-order valence-corrected chi connectivity index (χ4v) is 0.375. The minimum absolute atomic E-state index is 0.160. The van der Waals surface area contributed by atoms with Gasteiger partial charge >= 0.3 is 0 Å². The Bertz CT molecular complexity index is 50.9. The van der Waals surface area contributed by atoms with E-state index >= 15 is 0 Å². The van der Waals surface area contributed by atoms with Crippen molar-refractivity contribution in [2.45, 2.75) is 26.9 Å². The first-order valence-electron chi connectivity index (χ1n) is 3.81. The van der Waals surface area contributed by atoms with Crippen molar-refractivity contribution in [1.29, 1.82) is 0 Å². The van der Waals surface area contributed by atoms with Crippen molar-refractivity contribution >= 4 is 0 Å². The fourth-order valence-electron chi connectivity index (χ4n) is 0.375. The molecule has 1 unspecified atom stereocenters. The fraction of sp³-hybridized carbons (Fsp3) is 1.00. The number of aliphatic hydroxyl groups is 2. The number of hydrogen-bond donors (Lipinski definition) is 3. The van der Waals surface area contributed by atoms with E-state index in [0.29, 0.717) is 6.54 Å². The highest BCUT2D eigenvalue weighted by atomic mass is 16.3. The van der Waals surface area contributed by atoms with E-state index in [9.17, 15) is 0 Å². The molecule has 0 aromatic heterocycles. The third-order valence-corrected chi connectivity index (χ3v) is 0.841. The van der Waals surface area contributed by atoms with Crippen molar-refractivity contribution in [2.75, 3.05) is 19.7 Å². The number of hydrogen-bond acceptors (Lipinski definition) is 3. The van der Waals surface area contributed by atoms with Gasteiger partial charge in [-0.25, -0.2) is 0 Å². The van der Waals surface area contributed by atoms with Gasteiger partial charge in [0.1, 0.15) is 0 Å². The number of rotatable bonds is 4. The molecule has 0 aliphatic rings. The summed E-state index contributed by atoms with van der Waals surface area (Å²) in [7, 11) is 0. The molecule has 0 heterocycles. The summed E-state index contributed by atoms with van der Waals surface area (Å²) in [5, 5.41) is 19.8. The highest BCUT2D eigenvalue weighted by molar-refractivity contribution is 4.54. The molecule has 0 aliphatic carbocycles. The Morgan fingerprint density at radius 2 is 1.90 bits per heavy atom. The lowest BCUT2D eigenvalue weighted by molar-refractivity contribution is 0.0949. The van der Waals surface area contributed by atoms with Crippen LogP contribution in [0.1, 0.15) is 20.8 Å². The minimum atomic E-state index is -0.602. The standard InChI is InChI=1S/C5H13NO2.C2H6/c1-2-6-3-5(8)4-7;1-2/h5-8H,2-4H2,1H3;1-2H3. The summed E-state index contributed by atoms with van der Waals surface area (Å²) in [5.41, 5.74) is 0. The van der Waals surface area contributed by atoms with Crippen LogP contribution in [0.25, 0.3) is 0 Å². The van der Waals surface area contributed by atoms with Gasteiger partial charge < -0.3 is 15.5 Å². The van der Waals surface area contributed by atoms with Crippen LogP contribution in [0.15, 0.2) is 0 Å². The maximum Gasteiger partial charge on any atom is 0.0894 e. The van der Waals surface area contributed by atoms with Gasteiger partial charge in [0.25, 0.3) is 0 Å². The third kappa shape index (κ3) is 10.8. The molecule has 0 amide bonds. The lowest BCUT2D eigenvalue weighted by atomic mass is 10.4. The molecule has 0 saturated carbocycles. The van der Waals surface area contributed by atoms with E-state index < -0.39 is 6.10 Å². The SMILES string of the molecule is CC.CCNCC(O)CO. The van der Waals surface area contributed by atoms with Crippen molar-refractivity contribution in [3.63, 3.8) is 0 Å². The van der Waals surface area contributed by atoms with Crippen LogP contribution in [0.2, 0.25) is 0 Å². The summed E-state index contributed by atoms with van der Waals surface area (Å²) in [6.07, 6.45) is -0.602. The average Bonchev–Trinajstić information content (AvgIpc) is 2.04. The Morgan fingerprint density at radius 1 is 1.40 bits per heavy atom. The summed E-state index contributed by atoms with van der Waals surface area (Å²) >= 11 is 0. The monoisotopic (exact) mass is 149 g/mol. The smallest absolute Gasteiger partial charge is 0.0894 e. The van der Waals surface area contributed by atoms with Crippen LogP contribution in [-0.2, 0) is 0 Å². The number of likely N-dealkylation sites (N-methyl/N-ethyl adjacent to an activating group) is 1. The normalized spacial score (nSPS) is 11.7. The lowest BCUT2D eigenvalue weighted by Gasteiger charge is -2.05. The lowest BCUT2D eigenvalue weighted by Crippen LogP contribution is -2.28. The molecule has 0 aromatic rings. The maximum atomic E-state index is 8.68. The molecule has 0 spiro atoms. The Kier molecular flexibility index (Phi) is 14.6. The predicted molar refractivity (Wildman–Crippen MR) is 43.0 cm³/mol. The van der Waals surface area contributed by atoms with E-state index in [1.807, 2.05) is 20.8 Å². The number of aliphatic hydroxyl groups excluding tert-OH is 2. The summed E-state index contributed by atoms with van der Waals surface area (Å²) in [6.45, 7) is 7.10. The van der Waals surface area contributed by atoms with Gasteiger partial charge in [-0.2, -0.15) is 0 Å².